The van der Waals surface area contributed by atoms with Crippen molar-refractivity contribution >= 4 is 5.95 Å². The average molecular weight is 187 g/mol. The highest BCUT2D eigenvalue weighted by Gasteiger charge is 2.05. The van der Waals surface area contributed by atoms with Crippen molar-refractivity contribution in [1.82, 2.24) is 9.55 Å². The predicted molar refractivity (Wildman–Crippen MR) is 57.5 cm³/mol. The lowest BCUT2D eigenvalue weighted by Gasteiger charge is -2.07. The van der Waals surface area contributed by atoms with Gasteiger partial charge in [-0.3, -0.25) is 4.57 Å². The quantitative estimate of drug-likeness (QED) is 0.742. The summed E-state index contributed by atoms with van der Waals surface area (Å²) in [6, 6.07) is 8.10. The molecular weight excluding hydrogens is 174 g/mol. The summed E-state index contributed by atoms with van der Waals surface area (Å²) in [6.07, 6.45) is 1.94. The standard InChI is InChI=1S/C11H13N3/c1-8-5-3-4-6-10(8)14-7-9(2)13-11(14)12/h3-7H,1-2H3,(H2,12,13). The zero-order valence-electron chi connectivity index (χ0n) is 8.36. The van der Waals surface area contributed by atoms with Crippen LogP contribution in [-0.4, -0.2) is 9.55 Å². The zero-order valence-corrected chi connectivity index (χ0v) is 8.36. The molecule has 0 bridgehead atoms. The number of imidazole rings is 1. The average Bonchev–Trinajstić information content (AvgIpc) is 2.46. The van der Waals surface area contributed by atoms with Gasteiger partial charge in [0.1, 0.15) is 0 Å². The second-order valence-corrected chi connectivity index (χ2v) is 3.40. The number of hydrogen-bond acceptors (Lipinski definition) is 2. The van der Waals surface area contributed by atoms with Crippen molar-refractivity contribution < 1.29 is 0 Å². The maximum absolute atomic E-state index is 5.79. The van der Waals surface area contributed by atoms with Crippen LogP contribution in [0.1, 0.15) is 11.3 Å². The third-order valence-electron chi connectivity index (χ3n) is 2.23. The number of nitrogens with zero attached hydrogens (tertiary/aromatic N) is 2. The van der Waals surface area contributed by atoms with Crippen LogP contribution in [0.2, 0.25) is 0 Å². The Bertz CT molecular complexity index is 457. The Kier molecular flexibility index (Phi) is 2.00. The normalized spacial score (nSPS) is 10.4. The zero-order chi connectivity index (χ0) is 10.1. The van der Waals surface area contributed by atoms with Crippen molar-refractivity contribution in [1.29, 1.82) is 0 Å². The van der Waals surface area contributed by atoms with E-state index in [2.05, 4.69) is 18.0 Å². The molecule has 14 heavy (non-hydrogen) atoms. The van der Waals surface area contributed by atoms with Gasteiger partial charge < -0.3 is 5.73 Å². The fraction of sp³-hybridized carbons (Fsp3) is 0.182. The molecule has 0 saturated heterocycles. The van der Waals surface area contributed by atoms with Gasteiger partial charge in [0, 0.05) is 6.20 Å². The third kappa shape index (κ3) is 1.37. The summed E-state index contributed by atoms with van der Waals surface area (Å²) < 4.78 is 1.91. The van der Waals surface area contributed by atoms with E-state index in [4.69, 9.17) is 5.73 Å². The van der Waals surface area contributed by atoms with E-state index in [-0.39, 0.29) is 0 Å². The molecule has 1 heterocycles. The first-order valence-electron chi connectivity index (χ1n) is 4.56. The molecule has 0 amide bonds. The lowest BCUT2D eigenvalue weighted by atomic mass is 10.2. The van der Waals surface area contributed by atoms with Crippen LogP contribution in [0, 0.1) is 13.8 Å². The number of hydrogen-bond donors (Lipinski definition) is 1. The van der Waals surface area contributed by atoms with Gasteiger partial charge in [-0.05, 0) is 25.5 Å². The van der Waals surface area contributed by atoms with E-state index in [1.165, 1.54) is 5.56 Å². The first-order chi connectivity index (χ1) is 6.68. The Labute approximate surface area is 83.2 Å². The second-order valence-electron chi connectivity index (χ2n) is 3.40. The van der Waals surface area contributed by atoms with Crippen molar-refractivity contribution in [3.05, 3.63) is 41.7 Å². The first-order valence-corrected chi connectivity index (χ1v) is 4.56. The summed E-state index contributed by atoms with van der Waals surface area (Å²) >= 11 is 0. The number of anilines is 1. The van der Waals surface area contributed by atoms with Crippen LogP contribution in [-0.2, 0) is 0 Å². The maximum atomic E-state index is 5.79. The van der Waals surface area contributed by atoms with E-state index in [1.807, 2.05) is 35.9 Å². The van der Waals surface area contributed by atoms with Gasteiger partial charge in [0.2, 0.25) is 5.95 Å². The minimum Gasteiger partial charge on any atom is -0.369 e. The van der Waals surface area contributed by atoms with Crippen molar-refractivity contribution in [3.8, 4) is 5.69 Å². The molecule has 1 aromatic carbocycles. The van der Waals surface area contributed by atoms with Gasteiger partial charge in [-0.25, -0.2) is 4.98 Å². The van der Waals surface area contributed by atoms with Crippen LogP contribution in [0.4, 0.5) is 5.95 Å². The van der Waals surface area contributed by atoms with Crippen LogP contribution >= 0.6 is 0 Å². The van der Waals surface area contributed by atoms with Gasteiger partial charge in [-0.2, -0.15) is 0 Å². The molecule has 2 rings (SSSR count). The molecule has 0 aliphatic carbocycles. The number of para-hydroxylation sites is 1. The Morgan fingerprint density at radius 1 is 1.21 bits per heavy atom. The molecule has 0 radical (unpaired) electrons. The summed E-state index contributed by atoms with van der Waals surface area (Å²) in [6.45, 7) is 4.00. The van der Waals surface area contributed by atoms with Gasteiger partial charge in [-0.1, -0.05) is 18.2 Å². The predicted octanol–water partition coefficient (Wildman–Crippen LogP) is 2.07. The van der Waals surface area contributed by atoms with Crippen LogP contribution in [0.15, 0.2) is 30.5 Å². The molecule has 3 heteroatoms. The SMILES string of the molecule is Cc1cn(-c2ccccc2C)c(N)n1. The van der Waals surface area contributed by atoms with E-state index < -0.39 is 0 Å². The summed E-state index contributed by atoms with van der Waals surface area (Å²) in [5.74, 6) is 0.539. The van der Waals surface area contributed by atoms with E-state index in [1.54, 1.807) is 0 Å². The van der Waals surface area contributed by atoms with E-state index >= 15 is 0 Å². The molecular formula is C11H13N3. The second kappa shape index (κ2) is 3.18. The molecule has 2 N–H and O–H groups in total. The van der Waals surface area contributed by atoms with Crippen LogP contribution in [0.5, 0.6) is 0 Å². The molecule has 0 saturated carbocycles. The molecule has 2 aromatic rings. The van der Waals surface area contributed by atoms with Gasteiger partial charge >= 0.3 is 0 Å². The summed E-state index contributed by atoms with van der Waals surface area (Å²) in [4.78, 5) is 4.17. The highest BCUT2D eigenvalue weighted by atomic mass is 15.1. The molecule has 1 aromatic heterocycles. The van der Waals surface area contributed by atoms with Gasteiger partial charge in [0.25, 0.3) is 0 Å². The monoisotopic (exact) mass is 187 g/mol. The number of nitrogens with two attached hydrogens (primary N) is 1. The van der Waals surface area contributed by atoms with Crippen LogP contribution in [0.25, 0.3) is 5.69 Å². The number of aryl methyl sites for hydroxylation is 2. The van der Waals surface area contributed by atoms with Gasteiger partial charge in [0.15, 0.2) is 0 Å². The molecule has 0 spiro atoms. The summed E-state index contributed by atoms with van der Waals surface area (Å²) in [7, 11) is 0. The summed E-state index contributed by atoms with van der Waals surface area (Å²) in [5, 5.41) is 0. The smallest absolute Gasteiger partial charge is 0.205 e. The topological polar surface area (TPSA) is 43.8 Å². The number of aromatic nitrogens is 2. The van der Waals surface area contributed by atoms with Crippen molar-refractivity contribution in [2.75, 3.05) is 5.73 Å². The molecule has 72 valence electrons. The highest BCUT2D eigenvalue weighted by molar-refractivity contribution is 5.45. The van der Waals surface area contributed by atoms with Crippen LogP contribution in [0.3, 0.4) is 0 Å². The van der Waals surface area contributed by atoms with Crippen molar-refractivity contribution in [3.63, 3.8) is 0 Å². The third-order valence-corrected chi connectivity index (χ3v) is 2.23. The Morgan fingerprint density at radius 2 is 1.93 bits per heavy atom. The molecule has 0 atom stereocenters. The van der Waals surface area contributed by atoms with E-state index in [0.29, 0.717) is 5.95 Å². The van der Waals surface area contributed by atoms with E-state index in [9.17, 15) is 0 Å². The Morgan fingerprint density at radius 3 is 2.50 bits per heavy atom. The lowest BCUT2D eigenvalue weighted by Crippen LogP contribution is -2.00. The van der Waals surface area contributed by atoms with Crippen LogP contribution < -0.4 is 5.73 Å². The molecule has 0 fully saturated rings. The number of rotatable bonds is 1. The number of nitrogen functional groups attached to an aromatic ring is 1. The van der Waals surface area contributed by atoms with E-state index in [0.717, 1.165) is 11.4 Å². The van der Waals surface area contributed by atoms with Gasteiger partial charge in [-0.15, -0.1) is 0 Å². The molecule has 0 aliphatic rings. The minimum atomic E-state index is 0.539. The fourth-order valence-electron chi connectivity index (χ4n) is 1.54. The van der Waals surface area contributed by atoms with Crippen molar-refractivity contribution in [2.45, 2.75) is 13.8 Å². The summed E-state index contributed by atoms with van der Waals surface area (Å²) in [5.41, 5.74) is 9.01. The molecule has 3 nitrogen and oxygen atoms in total. The Balaban J connectivity index is 2.60. The maximum Gasteiger partial charge on any atom is 0.205 e. The molecule has 0 aliphatic heterocycles. The first kappa shape index (κ1) is 8.81. The molecule has 0 unspecified atom stereocenters. The fourth-order valence-corrected chi connectivity index (χ4v) is 1.54. The largest absolute Gasteiger partial charge is 0.369 e. The highest BCUT2D eigenvalue weighted by Crippen LogP contribution is 2.17. The van der Waals surface area contributed by atoms with Gasteiger partial charge in [0.05, 0.1) is 11.4 Å². The lowest BCUT2D eigenvalue weighted by molar-refractivity contribution is 1.06. The number of benzene rings is 1. The Hall–Kier alpha value is -1.77. The minimum absolute atomic E-state index is 0.539. The van der Waals surface area contributed by atoms with Crippen molar-refractivity contribution in [2.24, 2.45) is 0 Å².